The number of benzene rings is 1. The molecule has 0 aliphatic rings. The van der Waals surface area contributed by atoms with Gasteiger partial charge >= 0.3 is 0 Å². The van der Waals surface area contributed by atoms with E-state index in [1.807, 2.05) is 6.07 Å². The van der Waals surface area contributed by atoms with Gasteiger partial charge in [-0.05, 0) is 62.4 Å². The van der Waals surface area contributed by atoms with Gasteiger partial charge in [0.15, 0.2) is 11.5 Å². The third-order valence-electron chi connectivity index (χ3n) is 3.61. The lowest BCUT2D eigenvalue weighted by molar-refractivity contribution is 0.354. The van der Waals surface area contributed by atoms with Crippen LogP contribution in [0, 0.1) is 5.92 Å². The number of hydrogen-bond donors (Lipinski definition) is 1. The van der Waals surface area contributed by atoms with E-state index in [9.17, 15) is 0 Å². The Bertz CT molecular complexity index is 379. The normalized spacial score (nSPS) is 12.2. The Labute approximate surface area is 123 Å². The summed E-state index contributed by atoms with van der Waals surface area (Å²) in [5.41, 5.74) is 1.32. The summed E-state index contributed by atoms with van der Waals surface area (Å²) in [7, 11) is 3.35. The van der Waals surface area contributed by atoms with Crippen LogP contribution < -0.4 is 14.8 Å². The molecule has 0 saturated carbocycles. The summed E-state index contributed by atoms with van der Waals surface area (Å²) in [5.74, 6) is 2.36. The maximum Gasteiger partial charge on any atom is 0.160 e. The quantitative estimate of drug-likeness (QED) is 0.663. The molecule has 0 spiro atoms. The van der Waals surface area contributed by atoms with Gasteiger partial charge in [0.25, 0.3) is 0 Å². The van der Waals surface area contributed by atoms with E-state index in [-0.39, 0.29) is 0 Å². The summed E-state index contributed by atoms with van der Waals surface area (Å²) < 4.78 is 10.6. The third kappa shape index (κ3) is 5.83. The van der Waals surface area contributed by atoms with E-state index in [1.54, 1.807) is 14.2 Å². The van der Waals surface area contributed by atoms with Crippen molar-refractivity contribution >= 4 is 0 Å². The summed E-state index contributed by atoms with van der Waals surface area (Å²) >= 11 is 0. The highest BCUT2D eigenvalue weighted by Crippen LogP contribution is 2.28. The van der Waals surface area contributed by atoms with Crippen LogP contribution in [0.15, 0.2) is 18.2 Å². The molecular formula is C17H29NO2. The third-order valence-corrected chi connectivity index (χ3v) is 3.61. The van der Waals surface area contributed by atoms with Gasteiger partial charge in [-0.3, -0.25) is 0 Å². The molecule has 3 nitrogen and oxygen atoms in total. The summed E-state index contributed by atoms with van der Waals surface area (Å²) in [4.78, 5) is 0. The maximum atomic E-state index is 5.34. The van der Waals surface area contributed by atoms with Gasteiger partial charge in [-0.1, -0.05) is 19.9 Å². The fraction of sp³-hybridized carbons (Fsp3) is 0.647. The molecule has 0 radical (unpaired) electrons. The Hall–Kier alpha value is -1.22. The molecule has 0 aliphatic carbocycles. The fourth-order valence-corrected chi connectivity index (χ4v) is 2.24. The molecule has 0 aromatic heterocycles. The topological polar surface area (TPSA) is 30.5 Å². The van der Waals surface area contributed by atoms with Gasteiger partial charge in [-0.15, -0.1) is 0 Å². The van der Waals surface area contributed by atoms with Crippen molar-refractivity contribution in [1.82, 2.24) is 5.32 Å². The minimum absolute atomic E-state index is 0.743. The average Bonchev–Trinajstić information content (AvgIpc) is 2.49. The van der Waals surface area contributed by atoms with Gasteiger partial charge < -0.3 is 14.8 Å². The lowest BCUT2D eigenvalue weighted by Gasteiger charge is -2.13. The molecule has 1 rings (SSSR count). The Balaban J connectivity index is 2.37. The zero-order valence-electron chi connectivity index (χ0n) is 13.4. The molecule has 0 saturated heterocycles. The van der Waals surface area contributed by atoms with Crippen molar-refractivity contribution in [3.63, 3.8) is 0 Å². The predicted molar refractivity (Wildman–Crippen MR) is 84.8 cm³/mol. The first-order chi connectivity index (χ1) is 9.71. The van der Waals surface area contributed by atoms with Gasteiger partial charge in [0.2, 0.25) is 0 Å². The molecule has 20 heavy (non-hydrogen) atoms. The van der Waals surface area contributed by atoms with Gasteiger partial charge in [0.05, 0.1) is 14.2 Å². The van der Waals surface area contributed by atoms with Gasteiger partial charge in [-0.25, -0.2) is 0 Å². The molecule has 0 fully saturated rings. The molecule has 1 atom stereocenters. The molecule has 1 aromatic carbocycles. The molecule has 0 bridgehead atoms. The number of aryl methyl sites for hydroxylation is 1. The zero-order valence-corrected chi connectivity index (χ0v) is 13.4. The van der Waals surface area contributed by atoms with E-state index in [2.05, 4.69) is 31.3 Å². The maximum absolute atomic E-state index is 5.34. The van der Waals surface area contributed by atoms with Gasteiger partial charge in [0, 0.05) is 0 Å². The van der Waals surface area contributed by atoms with Crippen LogP contribution in [-0.4, -0.2) is 27.3 Å². The number of ether oxygens (including phenoxy) is 2. The van der Waals surface area contributed by atoms with Gasteiger partial charge in [0.1, 0.15) is 0 Å². The lowest BCUT2D eigenvalue weighted by atomic mass is 9.98. The van der Waals surface area contributed by atoms with Crippen LogP contribution in [0.25, 0.3) is 0 Å². The van der Waals surface area contributed by atoms with Crippen molar-refractivity contribution in [1.29, 1.82) is 0 Å². The Kier molecular flexibility index (Phi) is 8.12. The van der Waals surface area contributed by atoms with E-state index < -0.39 is 0 Å². The molecule has 0 aliphatic heterocycles. The molecular weight excluding hydrogens is 250 g/mol. The zero-order chi connectivity index (χ0) is 14.8. The van der Waals surface area contributed by atoms with Crippen molar-refractivity contribution in [2.45, 2.75) is 39.5 Å². The SMILES string of the molecule is CCCNCCC(C)CCc1ccc(OC)c(OC)c1. The summed E-state index contributed by atoms with van der Waals surface area (Å²) in [6.07, 6.45) is 4.76. The monoisotopic (exact) mass is 279 g/mol. The van der Waals surface area contributed by atoms with Crippen LogP contribution in [0.2, 0.25) is 0 Å². The molecule has 1 unspecified atom stereocenters. The summed E-state index contributed by atoms with van der Waals surface area (Å²) in [6.45, 7) is 6.78. The first-order valence-corrected chi connectivity index (χ1v) is 7.62. The van der Waals surface area contributed by atoms with Crippen LogP contribution >= 0.6 is 0 Å². The average molecular weight is 279 g/mol. The second kappa shape index (κ2) is 9.65. The highest BCUT2D eigenvalue weighted by molar-refractivity contribution is 5.42. The minimum Gasteiger partial charge on any atom is -0.493 e. The molecule has 1 N–H and O–H groups in total. The fourth-order valence-electron chi connectivity index (χ4n) is 2.24. The first-order valence-electron chi connectivity index (χ1n) is 7.62. The number of rotatable bonds is 10. The van der Waals surface area contributed by atoms with Crippen molar-refractivity contribution in [3.05, 3.63) is 23.8 Å². The number of methoxy groups -OCH3 is 2. The van der Waals surface area contributed by atoms with E-state index in [0.29, 0.717) is 0 Å². The van der Waals surface area contributed by atoms with E-state index in [1.165, 1.54) is 24.8 Å². The minimum atomic E-state index is 0.743. The smallest absolute Gasteiger partial charge is 0.160 e. The van der Waals surface area contributed by atoms with Crippen LogP contribution in [0.5, 0.6) is 11.5 Å². The Morgan fingerprint density at radius 1 is 1.05 bits per heavy atom. The number of hydrogen-bond acceptors (Lipinski definition) is 3. The van der Waals surface area contributed by atoms with Gasteiger partial charge in [-0.2, -0.15) is 0 Å². The van der Waals surface area contributed by atoms with Crippen molar-refractivity contribution in [2.75, 3.05) is 27.3 Å². The van der Waals surface area contributed by atoms with E-state index in [0.717, 1.165) is 36.9 Å². The second-order valence-electron chi connectivity index (χ2n) is 5.37. The summed E-state index contributed by atoms with van der Waals surface area (Å²) in [6, 6.07) is 6.20. The van der Waals surface area contributed by atoms with E-state index in [4.69, 9.17) is 9.47 Å². The molecule has 0 amide bonds. The lowest BCUT2D eigenvalue weighted by Crippen LogP contribution is -2.18. The molecule has 1 aromatic rings. The Morgan fingerprint density at radius 3 is 2.45 bits per heavy atom. The highest BCUT2D eigenvalue weighted by atomic mass is 16.5. The second-order valence-corrected chi connectivity index (χ2v) is 5.37. The predicted octanol–water partition coefficient (Wildman–Crippen LogP) is 3.66. The van der Waals surface area contributed by atoms with Crippen LogP contribution in [0.3, 0.4) is 0 Å². The van der Waals surface area contributed by atoms with Crippen molar-refractivity contribution < 1.29 is 9.47 Å². The van der Waals surface area contributed by atoms with Crippen molar-refractivity contribution in [3.8, 4) is 11.5 Å². The first kappa shape index (κ1) is 16.8. The van der Waals surface area contributed by atoms with E-state index >= 15 is 0 Å². The van der Waals surface area contributed by atoms with Crippen LogP contribution in [0.4, 0.5) is 0 Å². The molecule has 3 heteroatoms. The number of nitrogens with one attached hydrogen (secondary N) is 1. The van der Waals surface area contributed by atoms with Crippen molar-refractivity contribution in [2.24, 2.45) is 5.92 Å². The van der Waals surface area contributed by atoms with Crippen LogP contribution in [0.1, 0.15) is 38.7 Å². The molecule has 0 heterocycles. The van der Waals surface area contributed by atoms with Crippen LogP contribution in [-0.2, 0) is 6.42 Å². The standard InChI is InChI=1S/C17H29NO2/c1-5-11-18-12-10-14(2)6-7-15-8-9-16(19-3)17(13-15)20-4/h8-9,13-14,18H,5-7,10-12H2,1-4H3. The highest BCUT2D eigenvalue weighted by Gasteiger charge is 2.07. The molecule has 114 valence electrons. The largest absolute Gasteiger partial charge is 0.493 e. The Morgan fingerprint density at radius 2 is 1.80 bits per heavy atom. The summed E-state index contributed by atoms with van der Waals surface area (Å²) in [5, 5.41) is 3.46.